The van der Waals surface area contributed by atoms with Crippen LogP contribution < -0.4 is 0 Å². The van der Waals surface area contributed by atoms with Crippen molar-refractivity contribution in [2.45, 2.75) is 82.2 Å². The Balaban J connectivity index is 1.22. The number of benzene rings is 1. The second-order valence-electron chi connectivity index (χ2n) is 10.3. The van der Waals surface area contributed by atoms with Crippen LogP contribution in [0.15, 0.2) is 29.8 Å². The number of carbonyl (C=O) groups is 2. The maximum absolute atomic E-state index is 12.9. The lowest BCUT2D eigenvalue weighted by atomic mass is 9.74. The Morgan fingerprint density at radius 1 is 0.781 bits per heavy atom. The summed E-state index contributed by atoms with van der Waals surface area (Å²) in [7, 11) is 0. The van der Waals surface area contributed by atoms with Crippen LogP contribution in [0, 0.1) is 17.8 Å². The smallest absolute Gasteiger partial charge is 0.234 e. The van der Waals surface area contributed by atoms with E-state index in [1.54, 1.807) is 24.3 Å². The molecule has 2 bridgehead atoms. The summed E-state index contributed by atoms with van der Waals surface area (Å²) in [5.41, 5.74) is 0.987. The Bertz CT molecular complexity index is 972. The Morgan fingerprint density at radius 2 is 1.44 bits per heavy atom. The molecule has 6 heteroatoms. The van der Waals surface area contributed by atoms with Gasteiger partial charge in [0.2, 0.25) is 23.1 Å². The molecule has 1 N–H and O–H groups in total. The highest BCUT2D eigenvalue weighted by Gasteiger charge is 2.63. The van der Waals surface area contributed by atoms with Crippen molar-refractivity contribution in [1.29, 1.82) is 0 Å². The summed E-state index contributed by atoms with van der Waals surface area (Å²) in [6.45, 7) is 0. The summed E-state index contributed by atoms with van der Waals surface area (Å²) >= 11 is 0. The van der Waals surface area contributed by atoms with Crippen LogP contribution in [0.3, 0.4) is 0 Å². The summed E-state index contributed by atoms with van der Waals surface area (Å²) in [5, 5.41) is 10.9. The monoisotopic (exact) mass is 438 g/mol. The van der Waals surface area contributed by atoms with Gasteiger partial charge in [0.05, 0.1) is 0 Å². The SMILES string of the molecule is O=C1C(=O)c2ccccc2C(O)=C1C1CCC2(CC1)OOC1(O2)C2CCCCCC1CC2. The molecule has 4 fully saturated rings. The highest BCUT2D eigenvalue weighted by molar-refractivity contribution is 6.52. The van der Waals surface area contributed by atoms with Crippen molar-refractivity contribution in [1.82, 2.24) is 0 Å². The van der Waals surface area contributed by atoms with Gasteiger partial charge >= 0.3 is 0 Å². The van der Waals surface area contributed by atoms with E-state index in [0.717, 1.165) is 25.7 Å². The van der Waals surface area contributed by atoms with E-state index in [9.17, 15) is 14.7 Å². The van der Waals surface area contributed by atoms with Crippen LogP contribution in [-0.2, 0) is 19.3 Å². The number of aliphatic hydroxyl groups is 1. The van der Waals surface area contributed by atoms with Crippen molar-refractivity contribution in [3.63, 3.8) is 0 Å². The molecule has 1 aliphatic heterocycles. The van der Waals surface area contributed by atoms with Crippen molar-refractivity contribution < 1.29 is 29.2 Å². The molecular weight excluding hydrogens is 408 g/mol. The molecule has 5 aliphatic rings. The fraction of sp³-hybridized carbons (Fsp3) is 0.615. The molecule has 2 unspecified atom stereocenters. The molecule has 0 amide bonds. The molecule has 6 rings (SSSR count). The molecule has 2 atom stereocenters. The third kappa shape index (κ3) is 2.96. The molecule has 0 radical (unpaired) electrons. The second-order valence-corrected chi connectivity index (χ2v) is 10.3. The zero-order valence-corrected chi connectivity index (χ0v) is 18.3. The van der Waals surface area contributed by atoms with Gasteiger partial charge in [-0.05, 0) is 44.4 Å². The molecule has 1 heterocycles. The third-order valence-corrected chi connectivity index (χ3v) is 8.56. The van der Waals surface area contributed by atoms with E-state index in [1.807, 2.05) is 0 Å². The van der Waals surface area contributed by atoms with Crippen molar-refractivity contribution in [2.24, 2.45) is 17.8 Å². The summed E-state index contributed by atoms with van der Waals surface area (Å²) in [6.07, 6.45) is 10.6. The van der Waals surface area contributed by atoms with Crippen molar-refractivity contribution in [2.75, 3.05) is 0 Å². The van der Waals surface area contributed by atoms with Crippen LogP contribution in [-0.4, -0.2) is 28.2 Å². The zero-order chi connectivity index (χ0) is 21.9. The van der Waals surface area contributed by atoms with Crippen LogP contribution in [0.1, 0.15) is 86.6 Å². The Kier molecular flexibility index (Phi) is 4.83. The first kappa shape index (κ1) is 20.6. The van der Waals surface area contributed by atoms with Crippen molar-refractivity contribution in [3.8, 4) is 0 Å². The third-order valence-electron chi connectivity index (χ3n) is 8.56. The highest BCUT2D eigenvalue weighted by Crippen LogP contribution is 2.58. The van der Waals surface area contributed by atoms with Crippen LogP contribution in [0.2, 0.25) is 0 Å². The van der Waals surface area contributed by atoms with E-state index in [-0.39, 0.29) is 22.8 Å². The van der Waals surface area contributed by atoms with Gasteiger partial charge in [-0.25, -0.2) is 0 Å². The first-order valence-electron chi connectivity index (χ1n) is 12.2. The maximum atomic E-state index is 12.9. The summed E-state index contributed by atoms with van der Waals surface area (Å²) in [4.78, 5) is 37.6. The number of fused-ring (bicyclic) bond motifs is 1. The lowest BCUT2D eigenvalue weighted by Crippen LogP contribution is -2.46. The molecule has 4 aliphatic carbocycles. The first-order chi connectivity index (χ1) is 15.5. The van der Waals surface area contributed by atoms with Gasteiger partial charge in [0, 0.05) is 41.4 Å². The van der Waals surface area contributed by atoms with E-state index in [1.165, 1.54) is 19.3 Å². The zero-order valence-electron chi connectivity index (χ0n) is 18.3. The van der Waals surface area contributed by atoms with Gasteiger partial charge in [0.15, 0.2) is 0 Å². The van der Waals surface area contributed by atoms with Gasteiger partial charge in [0.1, 0.15) is 5.76 Å². The number of hydrogen-bond donors (Lipinski definition) is 1. The Morgan fingerprint density at radius 3 is 2.12 bits per heavy atom. The number of Topliss-reactive ketones (excluding diaryl/α,β-unsaturated/α-hetero) is 2. The second kappa shape index (κ2) is 7.51. The van der Waals surface area contributed by atoms with E-state index in [2.05, 4.69) is 0 Å². The highest BCUT2D eigenvalue weighted by atomic mass is 17.3. The summed E-state index contributed by atoms with van der Waals surface area (Å²) in [6, 6.07) is 6.77. The van der Waals surface area contributed by atoms with Gasteiger partial charge in [0.25, 0.3) is 0 Å². The molecule has 0 aromatic heterocycles. The van der Waals surface area contributed by atoms with Crippen LogP contribution in [0.5, 0.6) is 0 Å². The molecule has 2 spiro atoms. The van der Waals surface area contributed by atoms with Gasteiger partial charge in [-0.3, -0.25) is 9.59 Å². The maximum Gasteiger partial charge on any atom is 0.234 e. The fourth-order valence-electron chi connectivity index (χ4n) is 6.85. The quantitative estimate of drug-likeness (QED) is 0.475. The minimum Gasteiger partial charge on any atom is -0.507 e. The first-order valence-corrected chi connectivity index (χ1v) is 12.2. The lowest BCUT2D eigenvalue weighted by molar-refractivity contribution is -0.368. The average molecular weight is 439 g/mol. The largest absolute Gasteiger partial charge is 0.507 e. The predicted octanol–water partition coefficient (Wildman–Crippen LogP) is 5.27. The van der Waals surface area contributed by atoms with Gasteiger partial charge in [-0.1, -0.05) is 43.5 Å². The van der Waals surface area contributed by atoms with Crippen LogP contribution in [0.25, 0.3) is 5.76 Å². The number of ketones is 2. The molecule has 1 aromatic carbocycles. The topological polar surface area (TPSA) is 82.1 Å². The van der Waals surface area contributed by atoms with E-state index in [4.69, 9.17) is 14.5 Å². The number of allylic oxidation sites excluding steroid dienone is 1. The number of carbonyl (C=O) groups excluding carboxylic acids is 2. The van der Waals surface area contributed by atoms with Gasteiger partial charge in [-0.15, -0.1) is 0 Å². The van der Waals surface area contributed by atoms with E-state index < -0.39 is 23.1 Å². The molecule has 6 nitrogen and oxygen atoms in total. The van der Waals surface area contributed by atoms with E-state index >= 15 is 0 Å². The van der Waals surface area contributed by atoms with Gasteiger partial charge in [-0.2, -0.15) is 9.78 Å². The normalized spacial score (nSPS) is 39.4. The molecule has 1 aromatic rings. The number of aliphatic hydroxyl groups excluding tert-OH is 1. The standard InChI is InChI=1S/C26H30O6/c27-22-19-8-4-5-9-20(19)23(28)24(29)21(22)16-12-14-25(15-13-16)30-26(32-31-25)17-6-2-1-3-7-18(26)11-10-17/h4-5,8-9,16-18,27H,1-3,6-7,10-15H2. The van der Waals surface area contributed by atoms with Crippen molar-refractivity contribution >= 4 is 17.3 Å². The van der Waals surface area contributed by atoms with Crippen molar-refractivity contribution in [3.05, 3.63) is 41.0 Å². The number of ether oxygens (including phenoxy) is 1. The predicted molar refractivity (Wildman–Crippen MR) is 115 cm³/mol. The lowest BCUT2D eigenvalue weighted by Gasteiger charge is -2.39. The number of rotatable bonds is 1. The average Bonchev–Trinajstić information content (AvgIpc) is 3.37. The van der Waals surface area contributed by atoms with Gasteiger partial charge < -0.3 is 9.84 Å². The molecule has 170 valence electrons. The summed E-state index contributed by atoms with van der Waals surface area (Å²) < 4.78 is 6.73. The molecule has 1 saturated heterocycles. The molecular formula is C26H30O6. The molecule has 3 saturated carbocycles. The van der Waals surface area contributed by atoms with E-state index in [0.29, 0.717) is 43.1 Å². The van der Waals surface area contributed by atoms with Crippen LogP contribution >= 0.6 is 0 Å². The summed E-state index contributed by atoms with van der Waals surface area (Å²) in [5.74, 6) is -2.00. The molecule has 32 heavy (non-hydrogen) atoms. The Hall–Kier alpha value is -2.02. The fourth-order valence-corrected chi connectivity index (χ4v) is 6.85. The minimum absolute atomic E-state index is 0.0507. The number of hydrogen-bond acceptors (Lipinski definition) is 6. The van der Waals surface area contributed by atoms with Crippen LogP contribution in [0.4, 0.5) is 0 Å². The Labute approximate surface area is 187 Å². The minimum atomic E-state index is -0.785.